The van der Waals surface area contributed by atoms with Gasteiger partial charge in [-0.05, 0) is 55.7 Å². The molecule has 0 radical (unpaired) electrons. The Morgan fingerprint density at radius 1 is 1.23 bits per heavy atom. The van der Waals surface area contributed by atoms with E-state index in [0.29, 0.717) is 22.4 Å². The number of pyridine rings is 1. The van der Waals surface area contributed by atoms with Crippen molar-refractivity contribution in [1.82, 2.24) is 14.9 Å². The van der Waals surface area contributed by atoms with Crippen LogP contribution in [0.25, 0.3) is 5.76 Å². The summed E-state index contributed by atoms with van der Waals surface area (Å²) in [5.74, 6) is -3.34. The lowest BCUT2D eigenvalue weighted by Crippen LogP contribution is -2.29. The van der Waals surface area contributed by atoms with Crippen molar-refractivity contribution in [2.75, 3.05) is 6.61 Å². The fourth-order valence-corrected chi connectivity index (χ4v) is 4.40. The number of halogens is 1. The summed E-state index contributed by atoms with van der Waals surface area (Å²) in [7, 11) is 0. The van der Waals surface area contributed by atoms with Crippen molar-refractivity contribution in [2.24, 2.45) is 0 Å². The number of aromatic nitrogens is 2. The Hall–Kier alpha value is -4.27. The zero-order valence-electron chi connectivity index (χ0n) is 19.5. The minimum Gasteiger partial charge on any atom is -0.507 e. The Balaban J connectivity index is 1.90. The number of Topliss-reactive ketones (excluding diaryl/α,β-unsaturated/α-hetero) is 1. The first-order valence-electron chi connectivity index (χ1n) is 11.0. The number of aryl methyl sites for hydroxylation is 1. The molecule has 0 aliphatic carbocycles. The molecule has 0 unspecified atom stereocenters. The molecule has 2 aromatic heterocycles. The van der Waals surface area contributed by atoms with E-state index in [9.17, 15) is 23.9 Å². The fraction of sp³-hybridized carbons (Fsp3) is 0.231. The topological polar surface area (TPSA) is 113 Å². The van der Waals surface area contributed by atoms with Gasteiger partial charge in [-0.15, -0.1) is 0 Å². The van der Waals surface area contributed by atoms with Crippen LogP contribution in [0.15, 0.2) is 54.4 Å². The molecular formula is C26H24FN3O5. The van der Waals surface area contributed by atoms with Crippen molar-refractivity contribution >= 4 is 23.4 Å². The second-order valence-corrected chi connectivity index (χ2v) is 8.19. The van der Waals surface area contributed by atoms with Crippen LogP contribution in [0, 0.1) is 19.7 Å². The number of aromatic amines is 1. The van der Waals surface area contributed by atoms with Crippen molar-refractivity contribution in [3.63, 3.8) is 0 Å². The normalized spacial score (nSPS) is 17.1. The molecule has 3 aromatic rings. The summed E-state index contributed by atoms with van der Waals surface area (Å²) in [6, 6.07) is 7.94. The van der Waals surface area contributed by atoms with Gasteiger partial charge in [0.15, 0.2) is 0 Å². The molecular weight excluding hydrogens is 453 g/mol. The fourth-order valence-electron chi connectivity index (χ4n) is 4.40. The maximum Gasteiger partial charge on any atom is 0.355 e. The van der Waals surface area contributed by atoms with Gasteiger partial charge < -0.3 is 19.7 Å². The van der Waals surface area contributed by atoms with Crippen LogP contribution >= 0.6 is 0 Å². The van der Waals surface area contributed by atoms with E-state index in [0.717, 1.165) is 0 Å². The highest BCUT2D eigenvalue weighted by atomic mass is 19.1. The highest BCUT2D eigenvalue weighted by molar-refractivity contribution is 6.46. The zero-order chi connectivity index (χ0) is 25.3. The Bertz CT molecular complexity index is 1350. The van der Waals surface area contributed by atoms with Gasteiger partial charge in [0.2, 0.25) is 0 Å². The van der Waals surface area contributed by atoms with E-state index in [1.807, 2.05) is 0 Å². The number of carbonyl (C=O) groups is 3. The smallest absolute Gasteiger partial charge is 0.355 e. The molecule has 2 N–H and O–H groups in total. The average Bonchev–Trinajstić information content (AvgIpc) is 3.27. The van der Waals surface area contributed by atoms with Crippen molar-refractivity contribution in [1.29, 1.82) is 0 Å². The third-order valence-corrected chi connectivity index (χ3v) is 5.93. The quantitative estimate of drug-likeness (QED) is 0.241. The minimum atomic E-state index is -1.05. The van der Waals surface area contributed by atoms with Gasteiger partial charge >= 0.3 is 5.97 Å². The van der Waals surface area contributed by atoms with E-state index in [-0.39, 0.29) is 30.0 Å². The van der Waals surface area contributed by atoms with Crippen molar-refractivity contribution in [3.05, 3.63) is 93.8 Å². The van der Waals surface area contributed by atoms with Crippen LogP contribution in [0.3, 0.4) is 0 Å². The van der Waals surface area contributed by atoms with Crippen LogP contribution in [-0.2, 0) is 20.9 Å². The lowest BCUT2D eigenvalue weighted by Gasteiger charge is -2.25. The van der Waals surface area contributed by atoms with Gasteiger partial charge in [-0.25, -0.2) is 9.18 Å². The number of hydrogen-bond acceptors (Lipinski definition) is 6. The third kappa shape index (κ3) is 4.32. The molecule has 4 rings (SSSR count). The largest absolute Gasteiger partial charge is 0.507 e. The lowest BCUT2D eigenvalue weighted by atomic mass is 9.94. The maximum atomic E-state index is 14.2. The lowest BCUT2D eigenvalue weighted by molar-refractivity contribution is -0.140. The number of ether oxygens (including phenoxy) is 1. The number of benzene rings is 1. The number of H-pyrrole nitrogens is 1. The van der Waals surface area contributed by atoms with Gasteiger partial charge in [-0.2, -0.15) is 0 Å². The summed E-state index contributed by atoms with van der Waals surface area (Å²) in [6.07, 6.45) is 3.15. The van der Waals surface area contributed by atoms with E-state index in [1.54, 1.807) is 51.4 Å². The molecule has 9 heteroatoms. The van der Waals surface area contributed by atoms with Gasteiger partial charge in [0, 0.05) is 30.2 Å². The van der Waals surface area contributed by atoms with Gasteiger partial charge in [0.25, 0.3) is 11.7 Å². The zero-order valence-corrected chi connectivity index (χ0v) is 19.5. The predicted octanol–water partition coefficient (Wildman–Crippen LogP) is 3.96. The standard InChI is InChI=1S/C26H24FN3O5/c1-4-35-26(34)21-14(2)19(15(3)29-21)23(31)20-22(17-8-5-9-18(27)11-17)30(25(33)24(20)32)13-16-7-6-10-28-12-16/h5-12,22,29,31H,4,13H2,1-3H3/t22-/m1/s1. The van der Waals surface area contributed by atoms with E-state index in [4.69, 9.17) is 4.74 Å². The van der Waals surface area contributed by atoms with Crippen LogP contribution in [0.2, 0.25) is 0 Å². The summed E-state index contributed by atoms with van der Waals surface area (Å²) in [5, 5.41) is 11.4. The monoisotopic (exact) mass is 477 g/mol. The molecule has 1 aromatic carbocycles. The molecule has 1 aliphatic heterocycles. The molecule has 8 nitrogen and oxygen atoms in total. The summed E-state index contributed by atoms with van der Waals surface area (Å²) in [6.45, 7) is 5.10. The molecule has 180 valence electrons. The highest BCUT2D eigenvalue weighted by Crippen LogP contribution is 2.41. The summed E-state index contributed by atoms with van der Waals surface area (Å²) >= 11 is 0. The summed E-state index contributed by atoms with van der Waals surface area (Å²) in [5.41, 5.74) is 1.94. The average molecular weight is 477 g/mol. The van der Waals surface area contributed by atoms with Gasteiger partial charge in [0.05, 0.1) is 18.2 Å². The molecule has 0 spiro atoms. The van der Waals surface area contributed by atoms with Gasteiger partial charge in [-0.3, -0.25) is 14.6 Å². The molecule has 3 heterocycles. The SMILES string of the molecule is CCOC(=O)c1[nH]c(C)c(C(O)=C2C(=O)C(=O)N(Cc3cccnc3)[C@@H]2c2cccc(F)c2)c1C. The van der Waals surface area contributed by atoms with Crippen molar-refractivity contribution in [3.8, 4) is 0 Å². The molecule has 0 saturated carbocycles. The number of aliphatic hydroxyl groups excluding tert-OH is 1. The number of carbonyl (C=O) groups excluding carboxylic acids is 3. The number of aliphatic hydroxyl groups is 1. The molecule has 1 amide bonds. The number of amides is 1. The first-order valence-corrected chi connectivity index (χ1v) is 11.0. The van der Waals surface area contributed by atoms with Crippen LogP contribution in [0.5, 0.6) is 0 Å². The number of nitrogens with zero attached hydrogens (tertiary/aromatic N) is 2. The Kier molecular flexibility index (Phi) is 6.50. The van der Waals surface area contributed by atoms with Crippen LogP contribution in [-0.4, -0.2) is 44.2 Å². The van der Waals surface area contributed by atoms with E-state index in [2.05, 4.69) is 9.97 Å². The van der Waals surface area contributed by atoms with Crippen molar-refractivity contribution in [2.45, 2.75) is 33.4 Å². The van der Waals surface area contributed by atoms with Gasteiger partial charge in [0.1, 0.15) is 17.3 Å². The van der Waals surface area contributed by atoms with Crippen LogP contribution in [0.1, 0.15) is 51.4 Å². The summed E-state index contributed by atoms with van der Waals surface area (Å²) in [4.78, 5) is 46.9. The van der Waals surface area contributed by atoms with E-state index < -0.39 is 35.3 Å². The number of likely N-dealkylation sites (tertiary alicyclic amines) is 1. The van der Waals surface area contributed by atoms with Crippen LogP contribution < -0.4 is 0 Å². The molecule has 35 heavy (non-hydrogen) atoms. The van der Waals surface area contributed by atoms with E-state index >= 15 is 0 Å². The second kappa shape index (κ2) is 9.54. The Morgan fingerprint density at radius 2 is 2.00 bits per heavy atom. The number of esters is 1. The number of ketones is 1. The third-order valence-electron chi connectivity index (χ3n) is 5.93. The highest BCUT2D eigenvalue weighted by Gasteiger charge is 2.46. The first kappa shape index (κ1) is 23.9. The molecule has 1 atom stereocenters. The second-order valence-electron chi connectivity index (χ2n) is 8.19. The number of rotatable bonds is 6. The number of nitrogens with one attached hydrogen (secondary N) is 1. The molecule has 1 aliphatic rings. The van der Waals surface area contributed by atoms with E-state index in [1.165, 1.54) is 23.1 Å². The van der Waals surface area contributed by atoms with Gasteiger partial charge in [-0.1, -0.05) is 18.2 Å². The van der Waals surface area contributed by atoms with Crippen molar-refractivity contribution < 1.29 is 28.6 Å². The Labute approximate surface area is 201 Å². The number of hydrogen-bond donors (Lipinski definition) is 2. The summed E-state index contributed by atoms with van der Waals surface area (Å²) < 4.78 is 19.2. The predicted molar refractivity (Wildman–Crippen MR) is 125 cm³/mol. The van der Waals surface area contributed by atoms with Crippen LogP contribution in [0.4, 0.5) is 4.39 Å². The minimum absolute atomic E-state index is 0.0234. The Morgan fingerprint density at radius 3 is 2.66 bits per heavy atom. The first-order chi connectivity index (χ1) is 16.7. The molecule has 1 fully saturated rings. The maximum absolute atomic E-state index is 14.2. The molecule has 0 bridgehead atoms. The molecule has 1 saturated heterocycles.